The number of aromatic nitrogens is 1. The first-order chi connectivity index (χ1) is 11.3. The Morgan fingerprint density at radius 1 is 1.04 bits per heavy atom. The van der Waals surface area contributed by atoms with Gasteiger partial charge in [0, 0.05) is 5.39 Å². The molecular formula is C17H11N3OS2. The summed E-state index contributed by atoms with van der Waals surface area (Å²) < 4.78 is 5.45. The molecule has 4 nitrogen and oxygen atoms in total. The number of benzene rings is 2. The lowest BCUT2D eigenvalue weighted by Crippen LogP contribution is -2.19. The fourth-order valence-electron chi connectivity index (χ4n) is 2.23. The quantitative estimate of drug-likeness (QED) is 0.714. The molecule has 1 amide bonds. The summed E-state index contributed by atoms with van der Waals surface area (Å²) in [6, 6.07) is 17.7. The van der Waals surface area contributed by atoms with Gasteiger partial charge in [-0.2, -0.15) is 4.37 Å². The zero-order valence-corrected chi connectivity index (χ0v) is 13.5. The van der Waals surface area contributed by atoms with Crippen LogP contribution in [0.15, 0.2) is 64.5 Å². The summed E-state index contributed by atoms with van der Waals surface area (Å²) in [4.78, 5) is 17.2. The molecule has 1 N–H and O–H groups in total. The Morgan fingerprint density at radius 3 is 2.70 bits per heavy atom. The Balaban J connectivity index is 1.64. The lowest BCUT2D eigenvalue weighted by molar-refractivity contribution is -0.115. The largest absolute Gasteiger partial charge is 0.300 e. The van der Waals surface area contributed by atoms with Gasteiger partial charge in [0.2, 0.25) is 0 Å². The minimum absolute atomic E-state index is 0.128. The highest BCUT2D eigenvalue weighted by Gasteiger charge is 2.24. The molecule has 0 aliphatic carbocycles. The predicted molar refractivity (Wildman–Crippen MR) is 96.9 cm³/mol. The fraction of sp³-hybridized carbons (Fsp3) is 0. The van der Waals surface area contributed by atoms with E-state index in [1.165, 1.54) is 23.3 Å². The van der Waals surface area contributed by atoms with Gasteiger partial charge >= 0.3 is 0 Å². The van der Waals surface area contributed by atoms with Crippen LogP contribution in [-0.2, 0) is 4.79 Å². The van der Waals surface area contributed by atoms with Crippen molar-refractivity contribution in [1.82, 2.24) is 9.69 Å². The van der Waals surface area contributed by atoms with Crippen molar-refractivity contribution in [2.75, 3.05) is 0 Å². The van der Waals surface area contributed by atoms with Gasteiger partial charge in [0.25, 0.3) is 5.91 Å². The second kappa shape index (κ2) is 5.98. The summed E-state index contributed by atoms with van der Waals surface area (Å²) in [5.41, 5.74) is 0.991. The van der Waals surface area contributed by atoms with Crippen molar-refractivity contribution >= 4 is 56.3 Å². The van der Waals surface area contributed by atoms with E-state index in [2.05, 4.69) is 14.7 Å². The molecule has 2 aromatic carbocycles. The zero-order valence-electron chi connectivity index (χ0n) is 11.9. The molecule has 0 unspecified atom stereocenters. The van der Waals surface area contributed by atoms with Crippen LogP contribution in [0, 0.1) is 0 Å². The maximum atomic E-state index is 12.1. The van der Waals surface area contributed by atoms with Crippen LogP contribution in [-0.4, -0.2) is 15.4 Å². The highest BCUT2D eigenvalue weighted by Crippen LogP contribution is 2.32. The second-order valence-corrected chi connectivity index (χ2v) is 6.73. The van der Waals surface area contributed by atoms with E-state index in [9.17, 15) is 4.79 Å². The normalized spacial score (nSPS) is 18.0. The molecule has 0 atom stereocenters. The molecule has 0 bridgehead atoms. The van der Waals surface area contributed by atoms with E-state index in [0.717, 1.165) is 15.6 Å². The molecule has 4 rings (SSSR count). The predicted octanol–water partition coefficient (Wildman–Crippen LogP) is 4.19. The summed E-state index contributed by atoms with van der Waals surface area (Å²) >= 11 is 2.74. The average molecular weight is 337 g/mol. The number of amides is 1. The highest BCUT2D eigenvalue weighted by molar-refractivity contribution is 8.18. The number of rotatable bonds is 2. The van der Waals surface area contributed by atoms with E-state index < -0.39 is 0 Å². The van der Waals surface area contributed by atoms with Crippen LogP contribution in [0.4, 0.5) is 5.82 Å². The minimum Gasteiger partial charge on any atom is -0.300 e. The SMILES string of the molecule is O=C1NC(=Nc2nsc3ccccc23)S/C1=C/c1ccccc1. The number of carbonyl (C=O) groups excluding carboxylic acids is 1. The Hall–Kier alpha value is -2.44. The molecule has 6 heteroatoms. The fourth-order valence-corrected chi connectivity index (χ4v) is 3.77. The molecule has 0 spiro atoms. The number of aliphatic imine (C=N–C) groups is 1. The smallest absolute Gasteiger partial charge is 0.264 e. The Bertz CT molecular complexity index is 945. The van der Waals surface area contributed by atoms with Crippen LogP contribution >= 0.6 is 23.3 Å². The van der Waals surface area contributed by atoms with Crippen LogP contribution in [0.25, 0.3) is 16.2 Å². The monoisotopic (exact) mass is 337 g/mol. The highest BCUT2D eigenvalue weighted by atomic mass is 32.2. The van der Waals surface area contributed by atoms with Gasteiger partial charge in [0.15, 0.2) is 11.0 Å². The number of thioether (sulfide) groups is 1. The van der Waals surface area contributed by atoms with Crippen LogP contribution < -0.4 is 5.32 Å². The first kappa shape index (κ1) is 14.2. The van der Waals surface area contributed by atoms with Crippen molar-refractivity contribution in [3.8, 4) is 0 Å². The molecule has 1 aliphatic heterocycles. The van der Waals surface area contributed by atoms with Gasteiger partial charge in [-0.3, -0.25) is 4.79 Å². The van der Waals surface area contributed by atoms with Crippen LogP contribution in [0.3, 0.4) is 0 Å². The van der Waals surface area contributed by atoms with Gasteiger partial charge in [-0.1, -0.05) is 42.5 Å². The molecule has 0 radical (unpaired) electrons. The number of amidine groups is 1. The topological polar surface area (TPSA) is 54.4 Å². The Kier molecular flexibility index (Phi) is 3.69. The van der Waals surface area contributed by atoms with Gasteiger partial charge < -0.3 is 5.32 Å². The molecule has 1 aliphatic rings. The van der Waals surface area contributed by atoms with Gasteiger partial charge in [-0.25, -0.2) is 4.99 Å². The van der Waals surface area contributed by atoms with E-state index in [1.54, 1.807) is 0 Å². The summed E-state index contributed by atoms with van der Waals surface area (Å²) in [6.07, 6.45) is 1.86. The first-order valence-corrected chi connectivity index (χ1v) is 8.58. The zero-order chi connectivity index (χ0) is 15.6. The summed E-state index contributed by atoms with van der Waals surface area (Å²) in [6.45, 7) is 0. The van der Waals surface area contributed by atoms with Crippen molar-refractivity contribution in [2.45, 2.75) is 0 Å². The van der Waals surface area contributed by atoms with Crippen molar-refractivity contribution in [2.24, 2.45) is 4.99 Å². The third kappa shape index (κ3) is 2.91. The Labute approximate surface area is 141 Å². The molecule has 1 fully saturated rings. The molecule has 3 aromatic rings. The van der Waals surface area contributed by atoms with E-state index in [1.807, 2.05) is 60.7 Å². The second-order valence-electron chi connectivity index (χ2n) is 4.89. The van der Waals surface area contributed by atoms with Gasteiger partial charge in [0.1, 0.15) is 0 Å². The number of nitrogens with one attached hydrogen (secondary N) is 1. The van der Waals surface area contributed by atoms with Crippen LogP contribution in [0.1, 0.15) is 5.56 Å². The number of hydrogen-bond donors (Lipinski definition) is 1. The van der Waals surface area contributed by atoms with E-state index in [0.29, 0.717) is 15.9 Å². The molecule has 2 heterocycles. The summed E-state index contributed by atoms with van der Waals surface area (Å²) in [7, 11) is 0. The number of fused-ring (bicyclic) bond motifs is 1. The maximum Gasteiger partial charge on any atom is 0.264 e. The standard InChI is InChI=1S/C17H11N3OS2/c21-16-14(10-11-6-2-1-3-7-11)22-17(19-16)18-15-12-8-4-5-9-13(12)23-20-15/h1-10H,(H,18,19,20,21)/b14-10+. The summed E-state index contributed by atoms with van der Waals surface area (Å²) in [5.74, 6) is 0.520. The molecule has 1 saturated heterocycles. The summed E-state index contributed by atoms with van der Waals surface area (Å²) in [5, 5.41) is 4.36. The van der Waals surface area contributed by atoms with Crippen molar-refractivity contribution in [3.05, 3.63) is 65.1 Å². The number of carbonyl (C=O) groups is 1. The van der Waals surface area contributed by atoms with E-state index >= 15 is 0 Å². The Morgan fingerprint density at radius 2 is 1.83 bits per heavy atom. The van der Waals surface area contributed by atoms with Crippen LogP contribution in [0.5, 0.6) is 0 Å². The third-order valence-electron chi connectivity index (χ3n) is 3.31. The van der Waals surface area contributed by atoms with E-state index in [-0.39, 0.29) is 5.91 Å². The van der Waals surface area contributed by atoms with Crippen molar-refractivity contribution < 1.29 is 4.79 Å². The number of hydrogen-bond acceptors (Lipinski definition) is 5. The van der Waals surface area contributed by atoms with Gasteiger partial charge in [0.05, 0.1) is 9.61 Å². The first-order valence-electron chi connectivity index (χ1n) is 6.99. The maximum absolute atomic E-state index is 12.1. The lowest BCUT2D eigenvalue weighted by Gasteiger charge is -1.93. The molecular weight excluding hydrogens is 326 g/mol. The van der Waals surface area contributed by atoms with Crippen molar-refractivity contribution in [1.29, 1.82) is 0 Å². The van der Waals surface area contributed by atoms with Gasteiger partial charge in [-0.05, 0) is 47.1 Å². The minimum atomic E-state index is -0.128. The van der Waals surface area contributed by atoms with Crippen LogP contribution in [0.2, 0.25) is 0 Å². The molecule has 1 aromatic heterocycles. The molecule has 23 heavy (non-hydrogen) atoms. The van der Waals surface area contributed by atoms with E-state index in [4.69, 9.17) is 0 Å². The molecule has 0 saturated carbocycles. The average Bonchev–Trinajstić information content (AvgIpc) is 3.13. The van der Waals surface area contributed by atoms with Gasteiger partial charge in [-0.15, -0.1) is 0 Å². The number of nitrogens with zero attached hydrogens (tertiary/aromatic N) is 2. The van der Waals surface area contributed by atoms with Crippen molar-refractivity contribution in [3.63, 3.8) is 0 Å². The molecule has 112 valence electrons. The third-order valence-corrected chi connectivity index (χ3v) is 5.04. The lowest BCUT2D eigenvalue weighted by atomic mass is 10.2.